The Hall–Kier alpha value is -6.21. The molecule has 3 aliphatic rings. The van der Waals surface area contributed by atoms with Gasteiger partial charge in [0, 0.05) is 33.2 Å². The molecule has 3 saturated heterocycles. The summed E-state index contributed by atoms with van der Waals surface area (Å²) in [6, 6.07) is 4.71. The number of phosphoric acid groups is 1. The number of imidazole rings is 1. The van der Waals surface area contributed by atoms with Crippen molar-refractivity contribution in [3.63, 3.8) is 0 Å². The van der Waals surface area contributed by atoms with E-state index in [2.05, 4.69) is 34.5 Å². The van der Waals surface area contributed by atoms with Gasteiger partial charge in [-0.2, -0.15) is 14.4 Å². The summed E-state index contributed by atoms with van der Waals surface area (Å²) in [5, 5.41) is 48.6. The number of carboxylic acid groups (broad SMARTS) is 3. The lowest BCUT2D eigenvalue weighted by atomic mass is 9.96. The van der Waals surface area contributed by atoms with Gasteiger partial charge in [-0.25, -0.2) is 27.7 Å². The van der Waals surface area contributed by atoms with Crippen molar-refractivity contribution in [2.45, 2.75) is 74.6 Å². The van der Waals surface area contributed by atoms with Crippen molar-refractivity contribution in [1.29, 1.82) is 0 Å². The molecule has 376 valence electrons. The van der Waals surface area contributed by atoms with Crippen molar-refractivity contribution in [2.75, 3.05) is 52.2 Å². The molecule has 0 spiro atoms. The minimum absolute atomic E-state index is 0.0230. The number of aromatic nitrogens is 8. The maximum atomic E-state index is 13.3. The summed E-state index contributed by atoms with van der Waals surface area (Å²) in [6.07, 6.45) is -3.60. The first-order chi connectivity index (χ1) is 32.4. The molecule has 69 heavy (non-hydrogen) atoms. The first kappa shape index (κ1) is 52.2. The Labute approximate surface area is 389 Å². The first-order valence-corrected chi connectivity index (χ1v) is 23.9. The number of nitrogen functional groups attached to an aromatic ring is 1. The number of hydrogen-bond donors (Lipinski definition) is 9. The molecule has 4 aromatic heterocycles. The van der Waals surface area contributed by atoms with Crippen LogP contribution >= 0.6 is 7.82 Å². The molecular formula is C38H50N11O18PS. The molecule has 1 aromatic carbocycles. The number of aliphatic hydroxyl groups excluding tert-OH is 1. The molecule has 0 radical (unpaired) electrons. The number of nitrogens with one attached hydrogen (secondary N) is 2. The normalized spacial score (nSPS) is 22.0. The second-order valence-corrected chi connectivity index (χ2v) is 19.2. The average molecular weight is 1010 g/mol. The number of ether oxygens (including phenoxy) is 2. The number of carboxylic acids is 3. The first-order valence-electron chi connectivity index (χ1n) is 20.9. The number of piperazine rings is 1. The SMILES string of the molecule is CCCc1nn(C)c2c(=O)[nH]c(-c3cc(S(=O)(=O)N4CCN(C)CC4)ccc3OCC)nc12.Nc1nc2c(ncn2[C@@H]2O[C@@H]3COP(=O)(O)O[C@H]3[C@H]2O)c(=O)[nH]1.O=C(O)CC(O)(CC(=O)O)C(=O)O. The van der Waals surface area contributed by atoms with E-state index in [1.807, 2.05) is 20.9 Å². The second kappa shape index (κ2) is 20.8. The Morgan fingerprint density at radius 1 is 1.00 bits per heavy atom. The van der Waals surface area contributed by atoms with Crippen molar-refractivity contribution in [2.24, 2.45) is 7.05 Å². The van der Waals surface area contributed by atoms with E-state index in [1.165, 1.54) is 19.9 Å². The van der Waals surface area contributed by atoms with Gasteiger partial charge in [0.1, 0.15) is 35.4 Å². The highest BCUT2D eigenvalue weighted by molar-refractivity contribution is 7.89. The summed E-state index contributed by atoms with van der Waals surface area (Å²) < 4.78 is 63.3. The Morgan fingerprint density at radius 2 is 1.67 bits per heavy atom. The average Bonchev–Trinajstić information content (AvgIpc) is 3.93. The Morgan fingerprint density at radius 3 is 2.28 bits per heavy atom. The van der Waals surface area contributed by atoms with Crippen molar-refractivity contribution in [3.8, 4) is 17.1 Å². The fourth-order valence-corrected chi connectivity index (χ4v) is 9.92. The molecule has 0 aliphatic carbocycles. The molecule has 5 atom stereocenters. The van der Waals surface area contributed by atoms with E-state index < -0.39 is 84.3 Å². The molecule has 0 saturated carbocycles. The number of sulfonamides is 1. The molecule has 31 heteroatoms. The minimum Gasteiger partial charge on any atom is -0.493 e. The number of hydrogen-bond acceptors (Lipinski definition) is 20. The number of carbonyl (C=O) groups is 3. The van der Waals surface area contributed by atoms with Gasteiger partial charge in [0.15, 0.2) is 28.5 Å². The lowest BCUT2D eigenvalue weighted by Crippen LogP contribution is -2.47. The molecule has 0 bridgehead atoms. The highest BCUT2D eigenvalue weighted by Crippen LogP contribution is 2.52. The summed E-state index contributed by atoms with van der Waals surface area (Å²) in [7, 11) is -4.22. The smallest absolute Gasteiger partial charge is 0.472 e. The number of benzene rings is 1. The van der Waals surface area contributed by atoms with Crippen molar-refractivity contribution in [1.82, 2.24) is 48.5 Å². The van der Waals surface area contributed by atoms with Crippen LogP contribution in [0.4, 0.5) is 5.95 Å². The molecule has 1 unspecified atom stereocenters. The van der Waals surface area contributed by atoms with Crippen LogP contribution in [0.1, 0.15) is 45.0 Å². The lowest BCUT2D eigenvalue weighted by molar-refractivity contribution is -0.170. The van der Waals surface area contributed by atoms with Gasteiger partial charge in [0.25, 0.3) is 11.1 Å². The number of phosphoric ester groups is 1. The fourth-order valence-electron chi connectivity index (χ4n) is 7.50. The Balaban J connectivity index is 0.000000188. The van der Waals surface area contributed by atoms with Gasteiger partial charge in [0.2, 0.25) is 16.0 Å². The number of H-pyrrole nitrogens is 2. The number of fused-ring (bicyclic) bond motifs is 3. The van der Waals surface area contributed by atoms with Crippen LogP contribution in [0, 0.1) is 0 Å². The highest BCUT2D eigenvalue weighted by atomic mass is 32.2. The van der Waals surface area contributed by atoms with Crippen LogP contribution in [0.5, 0.6) is 5.75 Å². The van der Waals surface area contributed by atoms with Crippen LogP contribution in [-0.4, -0.2) is 176 Å². The Kier molecular flexibility index (Phi) is 15.7. The standard InChI is InChI=1S/C22H30N6O4S.C10H12N5O7P.C6H8O7/c1-5-7-17-19-20(27(4)25-17)22(29)24-21(23-19)16-14-15(8-9-18(16)32-6-2)33(30,31)28-12-10-26(3)11-13-28;11-10-13-7-4(8(17)14-10)12-2-15(7)9-5(16)6-3(21-9)1-20-23(18,19)22-6;7-3(8)1-6(13,5(11)12)2-4(9)10/h8-9,14H,5-7,10-13H2,1-4H3,(H,23,24,29);2-3,5-6,9,16H,1H2,(H,18,19)(H3,11,13,14,17);13H,1-2H2,(H,7,8)(H,9,10)(H,11,12)/t;3-,5-,6-,9-;/m.1./s1. The van der Waals surface area contributed by atoms with Gasteiger partial charge in [-0.1, -0.05) is 13.3 Å². The van der Waals surface area contributed by atoms with E-state index in [4.69, 9.17) is 45.1 Å². The van der Waals surface area contributed by atoms with Gasteiger partial charge in [-0.15, -0.1) is 0 Å². The van der Waals surface area contributed by atoms with E-state index in [0.717, 1.165) is 12.1 Å². The third-order valence-electron chi connectivity index (χ3n) is 10.8. The molecule has 10 N–H and O–H groups in total. The third-order valence-corrected chi connectivity index (χ3v) is 13.7. The van der Waals surface area contributed by atoms with E-state index >= 15 is 0 Å². The van der Waals surface area contributed by atoms with Crippen LogP contribution in [-0.2, 0) is 56.2 Å². The van der Waals surface area contributed by atoms with E-state index in [9.17, 15) is 47.0 Å². The minimum atomic E-state index is -4.22. The summed E-state index contributed by atoms with van der Waals surface area (Å²) >= 11 is 0. The van der Waals surface area contributed by atoms with Crippen LogP contribution in [0.3, 0.4) is 0 Å². The van der Waals surface area contributed by atoms with Gasteiger partial charge in [-0.3, -0.25) is 42.5 Å². The van der Waals surface area contributed by atoms with Crippen molar-refractivity contribution < 1.29 is 76.3 Å². The topological polar surface area (TPSA) is 420 Å². The van der Waals surface area contributed by atoms with E-state index in [-0.39, 0.29) is 40.0 Å². The van der Waals surface area contributed by atoms with Crippen LogP contribution in [0.2, 0.25) is 0 Å². The number of nitrogens with two attached hydrogens (primary N) is 1. The summed E-state index contributed by atoms with van der Waals surface area (Å²) in [5.74, 6) is -4.42. The van der Waals surface area contributed by atoms with Crippen molar-refractivity contribution in [3.05, 3.63) is 50.9 Å². The number of aromatic amines is 2. The number of aliphatic carboxylic acids is 3. The monoisotopic (exact) mass is 1010 g/mol. The van der Waals surface area contributed by atoms with E-state index in [0.29, 0.717) is 61.6 Å². The quantitative estimate of drug-likeness (QED) is 0.0628. The molecule has 3 fully saturated rings. The number of aryl methyl sites for hydroxylation is 2. The number of nitrogens with zero attached hydrogens (tertiary/aromatic N) is 8. The van der Waals surface area contributed by atoms with Crippen molar-refractivity contribution >= 4 is 63.9 Å². The van der Waals surface area contributed by atoms with Gasteiger partial charge >= 0.3 is 25.7 Å². The summed E-state index contributed by atoms with van der Waals surface area (Å²) in [6.45, 7) is 6.27. The number of anilines is 1. The Bertz CT molecular complexity index is 3010. The zero-order valence-electron chi connectivity index (χ0n) is 37.3. The second-order valence-electron chi connectivity index (χ2n) is 15.9. The van der Waals surface area contributed by atoms with Gasteiger partial charge in [-0.05, 0) is 38.6 Å². The molecule has 29 nitrogen and oxygen atoms in total. The maximum Gasteiger partial charge on any atom is 0.472 e. The summed E-state index contributed by atoms with van der Waals surface area (Å²) in [5.41, 5.74) is 4.12. The largest absolute Gasteiger partial charge is 0.493 e. The lowest BCUT2D eigenvalue weighted by Gasteiger charge is -2.31. The zero-order chi connectivity index (χ0) is 50.7. The number of likely N-dealkylation sites (N-methyl/N-ethyl adjacent to an activating group) is 1. The molecule has 7 heterocycles. The summed E-state index contributed by atoms with van der Waals surface area (Å²) in [4.78, 5) is 84.5. The molecular weight excluding hydrogens is 962 g/mol. The third kappa shape index (κ3) is 11.5. The van der Waals surface area contributed by atoms with E-state index in [1.54, 1.807) is 25.2 Å². The maximum absolute atomic E-state index is 13.3. The molecule has 8 rings (SSSR count). The fraction of sp³-hybridized carbons (Fsp3) is 0.500. The van der Waals surface area contributed by atoms with Gasteiger partial charge < -0.3 is 55.5 Å². The number of aliphatic hydroxyl groups is 2. The van der Waals surface area contributed by atoms with Gasteiger partial charge in [0.05, 0.1) is 48.5 Å². The highest BCUT2D eigenvalue weighted by Gasteiger charge is 2.53. The predicted molar refractivity (Wildman–Crippen MR) is 236 cm³/mol. The number of rotatable bonds is 13. The zero-order valence-corrected chi connectivity index (χ0v) is 39.0. The van der Waals surface area contributed by atoms with Crippen LogP contribution in [0.15, 0.2) is 39.0 Å². The molecule has 0 amide bonds. The molecule has 3 aliphatic heterocycles. The van der Waals surface area contributed by atoms with Crippen LogP contribution < -0.4 is 21.6 Å². The molecule has 5 aromatic rings. The van der Waals surface area contributed by atoms with Crippen LogP contribution in [0.25, 0.3) is 33.6 Å². The predicted octanol–water partition coefficient (Wildman–Crippen LogP) is -1.16.